The first-order valence-electron chi connectivity index (χ1n) is 11.4. The van der Waals surface area contributed by atoms with Gasteiger partial charge in [0, 0.05) is 11.1 Å². The molecule has 4 N–H and O–H groups in total. The van der Waals surface area contributed by atoms with Crippen LogP contribution in [0.15, 0.2) is 43.7 Å². The molecule has 4 heterocycles. The number of carbonyl (C=O) groups is 4. The zero-order chi connectivity index (χ0) is 29.0. The van der Waals surface area contributed by atoms with Crippen molar-refractivity contribution in [2.45, 2.75) is 36.4 Å². The summed E-state index contributed by atoms with van der Waals surface area (Å²) in [5, 5.41) is 21.4. The first kappa shape index (κ1) is 29.5. The van der Waals surface area contributed by atoms with Gasteiger partial charge in [0.1, 0.15) is 27.0 Å². The summed E-state index contributed by atoms with van der Waals surface area (Å²) >= 11 is 4.90. The van der Waals surface area contributed by atoms with E-state index in [9.17, 15) is 24.4 Å². The van der Waals surface area contributed by atoms with Gasteiger partial charge in [0.2, 0.25) is 6.79 Å². The van der Waals surface area contributed by atoms with Gasteiger partial charge in [-0.15, -0.1) is 28.2 Å². The molecule has 0 bridgehead atoms. The topological polar surface area (TPSA) is 199 Å². The summed E-state index contributed by atoms with van der Waals surface area (Å²) in [6.45, 7) is 4.34. The van der Waals surface area contributed by atoms with Crippen LogP contribution in [0.1, 0.15) is 26.5 Å². The van der Waals surface area contributed by atoms with Gasteiger partial charge in [-0.3, -0.25) is 19.3 Å². The molecule has 212 valence electrons. The quantitative estimate of drug-likeness (QED) is 0.0694. The van der Waals surface area contributed by atoms with Crippen LogP contribution in [0.3, 0.4) is 0 Å². The highest BCUT2D eigenvalue weighted by Crippen LogP contribution is 2.41. The third kappa shape index (κ3) is 6.45. The molecule has 1 fully saturated rings. The minimum Gasteiger partial charge on any atom is -0.427 e. The van der Waals surface area contributed by atoms with Gasteiger partial charge in [-0.1, -0.05) is 21.4 Å². The number of anilines is 1. The van der Waals surface area contributed by atoms with Crippen LogP contribution in [-0.2, 0) is 28.7 Å². The van der Waals surface area contributed by atoms with E-state index in [0.29, 0.717) is 11.3 Å². The van der Waals surface area contributed by atoms with Crippen LogP contribution in [0.5, 0.6) is 0 Å². The lowest BCUT2D eigenvalue weighted by atomic mass is 9.98. The number of aromatic nitrogens is 3. The molecular weight excluding hydrogens is 603 g/mol. The second-order valence-corrected chi connectivity index (χ2v) is 13.1. The van der Waals surface area contributed by atoms with Gasteiger partial charge in [-0.2, -0.15) is 0 Å². The molecule has 2 aliphatic heterocycles. The van der Waals surface area contributed by atoms with Crippen LogP contribution in [0.25, 0.3) is 0 Å². The van der Waals surface area contributed by atoms with Gasteiger partial charge in [0.05, 0.1) is 11.6 Å². The molecular formula is C22H23N7O7S4. The Labute approximate surface area is 244 Å². The fourth-order valence-corrected chi connectivity index (χ4v) is 6.44. The molecule has 2 aromatic rings. The molecule has 2 atom stereocenters. The van der Waals surface area contributed by atoms with Crippen LogP contribution < -0.4 is 11.1 Å². The minimum atomic E-state index is -1.02. The van der Waals surface area contributed by atoms with E-state index in [0.717, 1.165) is 15.5 Å². The zero-order valence-corrected chi connectivity index (χ0v) is 24.5. The van der Waals surface area contributed by atoms with E-state index in [1.165, 1.54) is 45.3 Å². The average molecular weight is 626 g/mol. The van der Waals surface area contributed by atoms with Crippen molar-refractivity contribution in [2.75, 3.05) is 18.3 Å². The highest BCUT2D eigenvalue weighted by molar-refractivity contribution is 8.03. The molecule has 4 rings (SSSR count). The van der Waals surface area contributed by atoms with Crippen molar-refractivity contribution in [1.82, 2.24) is 24.8 Å². The summed E-state index contributed by atoms with van der Waals surface area (Å²) in [6.07, 6.45) is 3.27. The zero-order valence-electron chi connectivity index (χ0n) is 21.2. The Morgan fingerprint density at radius 2 is 2.12 bits per heavy atom. The summed E-state index contributed by atoms with van der Waals surface area (Å²) in [7, 11) is 0. The van der Waals surface area contributed by atoms with Crippen molar-refractivity contribution < 1.29 is 33.9 Å². The maximum Gasteiger partial charge on any atom is 0.358 e. The van der Waals surface area contributed by atoms with Crippen LogP contribution in [0, 0.1) is 5.41 Å². The molecule has 0 aliphatic carbocycles. The van der Waals surface area contributed by atoms with Crippen molar-refractivity contribution in [3.8, 4) is 0 Å². The fourth-order valence-electron chi connectivity index (χ4n) is 3.39. The normalized spacial score (nSPS) is 19.3. The third-order valence-corrected chi connectivity index (χ3v) is 8.90. The summed E-state index contributed by atoms with van der Waals surface area (Å²) < 4.78 is 14.9. The smallest absolute Gasteiger partial charge is 0.358 e. The second-order valence-electron chi connectivity index (χ2n) is 9.14. The number of hydrogen-bond acceptors (Lipinski definition) is 16. The Balaban J connectivity index is 1.51. The number of nitrogens with zero attached hydrogens (tertiary/aromatic N) is 5. The number of amides is 2. The molecule has 0 spiro atoms. The minimum absolute atomic E-state index is 0.0336. The van der Waals surface area contributed by atoms with Crippen molar-refractivity contribution in [2.24, 2.45) is 10.6 Å². The molecule has 2 amide bonds. The third-order valence-electron chi connectivity index (χ3n) is 5.34. The number of nitrogens with one attached hydrogen (secondary N) is 1. The predicted octanol–water partition coefficient (Wildman–Crippen LogP) is 1.81. The van der Waals surface area contributed by atoms with E-state index in [1.807, 2.05) is 0 Å². The number of allylic oxidation sites excluding steroid dienone is 1. The van der Waals surface area contributed by atoms with Gasteiger partial charge in [0.15, 0.2) is 10.8 Å². The number of oxime groups is 1. The lowest BCUT2D eigenvalue weighted by Crippen LogP contribution is -2.71. The Bertz CT molecular complexity index is 1400. The lowest BCUT2D eigenvalue weighted by Gasteiger charge is -2.49. The first-order chi connectivity index (χ1) is 19.0. The number of β-lactam (4-membered cyclic amide) rings is 1. The summed E-state index contributed by atoms with van der Waals surface area (Å²) in [6, 6.07) is -1.02. The summed E-state index contributed by atoms with van der Waals surface area (Å²) in [4.78, 5) is 56.4. The first-order valence-corrected chi connectivity index (χ1v) is 15.0. The molecule has 18 heteroatoms. The predicted molar refractivity (Wildman–Crippen MR) is 148 cm³/mol. The molecule has 1 saturated heterocycles. The molecule has 0 aromatic carbocycles. The lowest BCUT2D eigenvalue weighted by molar-refractivity contribution is -0.173. The van der Waals surface area contributed by atoms with E-state index >= 15 is 0 Å². The van der Waals surface area contributed by atoms with Crippen LogP contribution >= 0.6 is 46.4 Å². The number of thioether (sulfide) groups is 2. The Morgan fingerprint density at radius 1 is 1.35 bits per heavy atom. The van der Waals surface area contributed by atoms with Crippen molar-refractivity contribution in [3.05, 3.63) is 40.0 Å². The Morgan fingerprint density at radius 3 is 2.75 bits per heavy atom. The SMILES string of the molecule is CC(C)(C)C(=O)OCOC(=O)C1=C(/C=C/Sc2cnns2)CS[C@@H]2[C@H](NC(=O)C(=NO)c3csc(N)n3)C(=O)N12. The monoisotopic (exact) mass is 625 g/mol. The second kappa shape index (κ2) is 12.4. The molecule has 0 unspecified atom stereocenters. The number of carbonyl (C=O) groups excluding carboxylic acids is 4. The highest BCUT2D eigenvalue weighted by Gasteiger charge is 2.54. The van der Waals surface area contributed by atoms with Crippen LogP contribution in [-0.4, -0.2) is 78.1 Å². The maximum absolute atomic E-state index is 13.2. The molecule has 2 aromatic heterocycles. The number of ether oxygens (including phenoxy) is 2. The molecule has 0 saturated carbocycles. The van der Waals surface area contributed by atoms with E-state index in [-0.39, 0.29) is 16.5 Å². The van der Waals surface area contributed by atoms with Crippen molar-refractivity contribution >= 4 is 81.0 Å². The molecule has 14 nitrogen and oxygen atoms in total. The number of fused-ring (bicyclic) bond motifs is 1. The summed E-state index contributed by atoms with van der Waals surface area (Å²) in [5.74, 6) is -2.55. The maximum atomic E-state index is 13.2. The van der Waals surface area contributed by atoms with Gasteiger partial charge in [0.25, 0.3) is 11.8 Å². The van der Waals surface area contributed by atoms with Crippen molar-refractivity contribution in [1.29, 1.82) is 0 Å². The molecule has 0 radical (unpaired) electrons. The van der Waals surface area contributed by atoms with Crippen molar-refractivity contribution in [3.63, 3.8) is 0 Å². The van der Waals surface area contributed by atoms with Gasteiger partial charge in [-0.05, 0) is 49.4 Å². The number of thiazole rings is 1. The highest BCUT2D eigenvalue weighted by atomic mass is 32.2. The molecule has 2 aliphatic rings. The van der Waals surface area contributed by atoms with Gasteiger partial charge in [-0.25, -0.2) is 9.78 Å². The van der Waals surface area contributed by atoms with E-state index < -0.39 is 53.1 Å². The van der Waals surface area contributed by atoms with Crippen LogP contribution in [0.2, 0.25) is 0 Å². The number of esters is 2. The number of nitrogens with two attached hydrogens (primary N) is 1. The van der Waals surface area contributed by atoms with Crippen LogP contribution in [0.4, 0.5) is 5.13 Å². The Kier molecular flexibility index (Phi) is 9.12. The number of hydrogen-bond donors (Lipinski definition) is 3. The van der Waals surface area contributed by atoms with Gasteiger partial charge >= 0.3 is 11.9 Å². The summed E-state index contributed by atoms with van der Waals surface area (Å²) in [5.41, 5.74) is 4.90. The average Bonchev–Trinajstić information content (AvgIpc) is 3.58. The number of rotatable bonds is 9. The van der Waals surface area contributed by atoms with E-state index in [4.69, 9.17) is 15.2 Å². The number of nitrogen functional groups attached to an aromatic ring is 1. The van der Waals surface area contributed by atoms with Gasteiger partial charge < -0.3 is 25.7 Å². The fraction of sp³-hybridized carbons (Fsp3) is 0.364. The van der Waals surface area contributed by atoms with E-state index in [1.54, 1.807) is 38.5 Å². The van der Waals surface area contributed by atoms with E-state index in [2.05, 4.69) is 25.0 Å². The standard InChI is InChI=1S/C22H23N7O7S4/c1-22(2,3)20(33)36-9-35-19(32)15-10(4-5-37-12-6-24-28-40-12)7-38-18-14(17(31)29(15)18)26-16(30)13(27-34)11-8-39-21(23)25-11/h4-6,8,14,18,34H,7,9H2,1-3H3,(H2,23,25)(H,26,30)/b5-4+,27-13?/t14-,18-/m1/s1. The Hall–Kier alpha value is -3.48. The molecule has 40 heavy (non-hydrogen) atoms. The largest absolute Gasteiger partial charge is 0.427 e.